The van der Waals surface area contributed by atoms with Gasteiger partial charge in [-0.15, -0.1) is 0 Å². The van der Waals surface area contributed by atoms with E-state index in [-0.39, 0.29) is 14.9 Å². The van der Waals surface area contributed by atoms with Crippen LogP contribution in [0.15, 0.2) is 24.3 Å². The van der Waals surface area contributed by atoms with Gasteiger partial charge in [0, 0.05) is 96.9 Å². The largest absolute Gasteiger partial charge is 0.121 e. The van der Waals surface area contributed by atoms with Crippen LogP contribution in [0.1, 0.15) is 70.8 Å². The maximum absolute atomic E-state index is 3.06. The van der Waals surface area contributed by atoms with E-state index in [0.29, 0.717) is 0 Å². The summed E-state index contributed by atoms with van der Waals surface area (Å²) in [4.78, 5) is 0. The summed E-state index contributed by atoms with van der Waals surface area (Å²) in [7, 11) is -19.2. The Labute approximate surface area is 470 Å². The Bertz CT molecular complexity index is 1830. The first-order valence-electron chi connectivity index (χ1n) is 29.0. The second-order valence-electron chi connectivity index (χ2n) is 36.8. The van der Waals surface area contributed by atoms with E-state index in [9.17, 15) is 0 Å². The zero-order chi connectivity index (χ0) is 56.9. The average Bonchev–Trinajstić information content (AvgIpc) is 3.00. The molecule has 0 N–H and O–H groups in total. The predicted octanol–water partition coefficient (Wildman–Crippen LogP) is 20.6. The minimum absolute atomic E-state index is 0.318. The maximum atomic E-state index is 3.06. The maximum Gasteiger partial charge on any atom is 0.121 e. The Morgan fingerprint density at radius 1 is 0.264 bits per heavy atom. The highest BCUT2D eigenvalue weighted by Gasteiger charge is 2.51. The molecule has 2 aromatic carbocycles. The van der Waals surface area contributed by atoms with Gasteiger partial charge in [0.2, 0.25) is 0 Å². The second-order valence-corrected chi connectivity index (χ2v) is 113. The van der Waals surface area contributed by atoms with E-state index in [1.165, 1.54) is 18.7 Å². The zero-order valence-electron chi connectivity index (χ0n) is 55.3. The van der Waals surface area contributed by atoms with E-state index in [4.69, 9.17) is 0 Å². The Balaban J connectivity index is 2.91. The van der Waals surface area contributed by atoms with Crippen LogP contribution in [-0.4, -0.2) is 118 Å². The zero-order valence-corrected chi connectivity index (χ0v) is 70.1. The van der Waals surface area contributed by atoms with Gasteiger partial charge >= 0.3 is 0 Å². The van der Waals surface area contributed by atoms with E-state index in [0.717, 1.165) is 39.8 Å². The van der Waals surface area contributed by atoms with Gasteiger partial charge in [-0.25, -0.2) is 0 Å². The molecule has 2 unspecified atom stereocenters. The number of hydrogen-bond donors (Lipinski definition) is 0. The third kappa shape index (κ3) is 16.6. The van der Waals surface area contributed by atoms with E-state index >= 15 is 0 Å². The van der Waals surface area contributed by atoms with E-state index < -0.39 is 96.9 Å². The van der Waals surface area contributed by atoms with Crippen LogP contribution in [0.5, 0.6) is 0 Å². The van der Waals surface area contributed by atoms with E-state index in [1.54, 1.807) is 0 Å². The monoisotopic (exact) mass is 1230 g/mol. The molecule has 3 rings (SSSR count). The summed E-state index contributed by atoms with van der Waals surface area (Å²) in [6.45, 7) is 100. The fraction of sp³-hybridized carbons (Fsp3) is 0.789. The molecule has 15 heteroatoms. The summed E-state index contributed by atoms with van der Waals surface area (Å²) < 4.78 is 0. The molecule has 1 aliphatic rings. The molecular formula is C57H124P2Si13. The molecule has 1 heterocycles. The van der Waals surface area contributed by atoms with Gasteiger partial charge in [-0.2, -0.15) is 0 Å². The third-order valence-electron chi connectivity index (χ3n) is 16.2. The quantitative estimate of drug-likeness (QED) is 0.0916. The van der Waals surface area contributed by atoms with Gasteiger partial charge in [0.05, 0.1) is 0 Å². The van der Waals surface area contributed by atoms with Crippen LogP contribution < -0.4 is 10.6 Å². The smallest absolute Gasteiger partial charge is 0.0855 e. The van der Waals surface area contributed by atoms with Crippen molar-refractivity contribution >= 4 is 131 Å². The van der Waals surface area contributed by atoms with Crippen molar-refractivity contribution in [3.8, 4) is 0 Å². The van der Waals surface area contributed by atoms with Gasteiger partial charge in [0.15, 0.2) is 0 Å². The lowest BCUT2D eigenvalue weighted by Crippen LogP contribution is -2.52. The van der Waals surface area contributed by atoms with Crippen LogP contribution in [-0.2, 0) is 0 Å². The lowest BCUT2D eigenvalue weighted by molar-refractivity contribution is 1.09. The van der Waals surface area contributed by atoms with Gasteiger partial charge in [-0.05, 0) is 93.7 Å². The van der Waals surface area contributed by atoms with Gasteiger partial charge in [0.25, 0.3) is 0 Å². The number of hydrogen-bond acceptors (Lipinski definition) is 0. The molecule has 0 nitrogen and oxygen atoms in total. The summed E-state index contributed by atoms with van der Waals surface area (Å²) in [5.74, 6) is 0. The lowest BCUT2D eigenvalue weighted by atomic mass is 10.1. The van der Waals surface area contributed by atoms with Crippen LogP contribution in [0.2, 0.25) is 236 Å². The summed E-state index contributed by atoms with van der Waals surface area (Å²) in [6, 6.07) is 12.3. The molecular weight excluding hydrogens is 1110 g/mol. The molecule has 414 valence electrons. The van der Waals surface area contributed by atoms with Crippen LogP contribution in [0.4, 0.5) is 0 Å². The highest BCUT2D eigenvalue weighted by atomic mass is 31.6. The Kier molecular flexibility index (Phi) is 21.3. The molecule has 2 aromatic rings. The van der Waals surface area contributed by atoms with Crippen molar-refractivity contribution in [2.45, 2.75) is 273 Å². The van der Waals surface area contributed by atoms with Crippen molar-refractivity contribution in [2.75, 3.05) is 12.3 Å². The fourth-order valence-electron chi connectivity index (χ4n) is 17.7. The van der Waals surface area contributed by atoms with Crippen molar-refractivity contribution in [1.29, 1.82) is 0 Å². The van der Waals surface area contributed by atoms with Crippen molar-refractivity contribution in [2.24, 2.45) is 0 Å². The molecule has 0 amide bonds. The first-order chi connectivity index (χ1) is 31.4. The minimum atomic E-state index is -1.67. The SMILES string of the molecule is C[Si](C)(C)C(c1cc(C([Si](C)(C)C)[Si](C)(C)C)c(P2CCCP(c3c(C([Si](C)(C)C)[Si](C)(C)C)cc(C([Si](C)(C)C)[Si](C)(C)C)cc3C([Si](C)(C)C)[Si](C)(C)C)[Si]2)c(C([Si](C)(C)C)[Si](C)(C)C)c1)[Si](C)(C)C. The molecule has 1 aliphatic heterocycles. The van der Waals surface area contributed by atoms with Gasteiger partial charge in [0.1, 0.15) is 8.85 Å². The van der Waals surface area contributed by atoms with Gasteiger partial charge < -0.3 is 0 Å². The predicted molar refractivity (Wildman–Crippen MR) is 383 cm³/mol. The van der Waals surface area contributed by atoms with E-state index in [2.05, 4.69) is 260 Å². The third-order valence-corrected chi connectivity index (χ3v) is 84.6. The summed E-state index contributed by atoms with van der Waals surface area (Å²) in [6.07, 6.45) is 4.38. The minimum Gasteiger partial charge on any atom is -0.0855 e. The normalized spacial score (nSPS) is 18.5. The van der Waals surface area contributed by atoms with Crippen molar-refractivity contribution in [1.82, 2.24) is 0 Å². The molecule has 0 aromatic heterocycles. The summed E-state index contributed by atoms with van der Waals surface area (Å²) in [5.41, 5.74) is 11.5. The first-order valence-corrected chi connectivity index (χ1v) is 77.7. The molecule has 0 bridgehead atoms. The molecule has 1 fully saturated rings. The van der Waals surface area contributed by atoms with Crippen molar-refractivity contribution in [3.05, 3.63) is 57.6 Å². The highest BCUT2D eigenvalue weighted by Crippen LogP contribution is 2.59. The van der Waals surface area contributed by atoms with Crippen LogP contribution >= 0.6 is 14.9 Å². The van der Waals surface area contributed by atoms with Gasteiger partial charge in [-0.3, -0.25) is 0 Å². The molecule has 0 spiro atoms. The molecule has 0 aliphatic carbocycles. The number of rotatable bonds is 20. The standard InChI is InChI=1S/C57H124P2Si13/c1-61(2,3)52(62(4,5)6)44-40-46(54(65(13,14)15)66(16,17)18)50(47(41-44)55(67(19,20)21)68(22,23)24)58-38-37-39-59(60-58)51-48(56(69(25,26)27)70(28,29)30)42-45(53(63(7,8)9)64(10,11)12)43-49(51)57(71(31,32)33)72(34,35)36/h40-43,52-57H,37-39H2,1-36H3. The molecule has 1 saturated heterocycles. The molecule has 2 atom stereocenters. The first kappa shape index (κ1) is 68.4. The Hall–Kier alpha value is 2.12. The second kappa shape index (κ2) is 22.5. The summed E-state index contributed by atoms with van der Waals surface area (Å²) in [5, 5.41) is 8.70. The average molecular weight is 1240 g/mol. The van der Waals surface area contributed by atoms with Crippen LogP contribution in [0.3, 0.4) is 0 Å². The van der Waals surface area contributed by atoms with Crippen LogP contribution in [0, 0.1) is 0 Å². The highest BCUT2D eigenvalue weighted by molar-refractivity contribution is 8.20. The molecule has 0 saturated carbocycles. The lowest BCUT2D eigenvalue weighted by Gasteiger charge is -2.48. The number of benzene rings is 2. The topological polar surface area (TPSA) is 0 Å². The Morgan fingerprint density at radius 3 is 0.556 bits per heavy atom. The van der Waals surface area contributed by atoms with Crippen molar-refractivity contribution in [3.63, 3.8) is 0 Å². The molecule has 2 radical (unpaired) electrons. The summed E-state index contributed by atoms with van der Waals surface area (Å²) >= 11 is 0. The van der Waals surface area contributed by atoms with E-state index in [1.807, 2.05) is 44.0 Å². The van der Waals surface area contributed by atoms with Crippen molar-refractivity contribution < 1.29 is 0 Å². The molecule has 72 heavy (non-hydrogen) atoms. The fourth-order valence-corrected chi connectivity index (χ4v) is 110. The van der Waals surface area contributed by atoms with Gasteiger partial charge in [-0.1, -0.05) is 275 Å². The van der Waals surface area contributed by atoms with Crippen LogP contribution in [0.25, 0.3) is 0 Å². The Morgan fingerprint density at radius 2 is 0.417 bits per heavy atom.